The van der Waals surface area contributed by atoms with Crippen LogP contribution in [0.5, 0.6) is 0 Å². The van der Waals surface area contributed by atoms with Crippen LogP contribution in [0.1, 0.15) is 6.42 Å². The fraction of sp³-hybridized carbons (Fsp3) is 0.400. The molecule has 2 aromatic rings. The Morgan fingerprint density at radius 3 is 2.48 bits per heavy atom. The molecule has 0 spiro atoms. The Morgan fingerprint density at radius 1 is 1.19 bits per heavy atom. The highest BCUT2D eigenvalue weighted by molar-refractivity contribution is 5.78. The zero-order valence-electron chi connectivity index (χ0n) is 12.8. The molecule has 0 aliphatic carbocycles. The van der Waals surface area contributed by atoms with Crippen molar-refractivity contribution in [2.24, 2.45) is 0 Å². The van der Waals surface area contributed by atoms with Gasteiger partial charge in [-0.3, -0.25) is 9.59 Å². The first-order valence-corrected chi connectivity index (χ1v) is 6.79. The normalized spacial score (nSPS) is 10.7. The summed E-state index contributed by atoms with van der Waals surface area (Å²) in [6, 6.07) is 7.47. The van der Waals surface area contributed by atoms with Crippen molar-refractivity contribution in [2.75, 3.05) is 33.1 Å². The minimum absolute atomic E-state index is 0.00537. The number of aromatic nitrogens is 2. The van der Waals surface area contributed by atoms with Crippen molar-refractivity contribution in [3.63, 3.8) is 0 Å². The number of nitrogens with zero attached hydrogens (tertiary/aromatic N) is 4. The van der Waals surface area contributed by atoms with E-state index in [1.165, 1.54) is 4.90 Å². The molecule has 1 aromatic heterocycles. The lowest BCUT2D eigenvalue weighted by atomic mass is 10.2. The Labute approximate surface area is 123 Å². The lowest BCUT2D eigenvalue weighted by Crippen LogP contribution is -2.31. The quantitative estimate of drug-likeness (QED) is 0.840. The molecule has 1 amide bonds. The Kier molecular flexibility index (Phi) is 4.26. The molecule has 0 radical (unpaired) electrons. The van der Waals surface area contributed by atoms with Crippen LogP contribution < -0.4 is 10.5 Å². The smallest absolute Gasteiger partial charge is 0.293 e. The first-order chi connectivity index (χ1) is 9.91. The summed E-state index contributed by atoms with van der Waals surface area (Å²) in [5.74, 6) is 0.375. The second-order valence-electron chi connectivity index (χ2n) is 5.31. The van der Waals surface area contributed by atoms with Gasteiger partial charge in [-0.1, -0.05) is 12.1 Å². The molecule has 0 fully saturated rings. The third-order valence-corrected chi connectivity index (χ3v) is 3.31. The maximum atomic E-state index is 12.5. The molecule has 0 saturated heterocycles. The van der Waals surface area contributed by atoms with E-state index in [4.69, 9.17) is 0 Å². The number of carbonyl (C=O) groups is 1. The monoisotopic (exact) mass is 288 g/mol. The highest BCUT2D eigenvalue weighted by Gasteiger charge is 2.13. The summed E-state index contributed by atoms with van der Waals surface area (Å²) in [7, 11) is 6.99. The molecule has 0 aliphatic rings. The van der Waals surface area contributed by atoms with Crippen LogP contribution in [0.25, 0.3) is 11.0 Å². The number of carbonyl (C=O) groups excluding carboxylic acids is 1. The van der Waals surface area contributed by atoms with Crippen LogP contribution in [0.15, 0.2) is 29.1 Å². The van der Waals surface area contributed by atoms with E-state index in [-0.39, 0.29) is 17.9 Å². The number of amides is 1. The van der Waals surface area contributed by atoms with Crippen LogP contribution in [0.4, 0.5) is 5.82 Å². The van der Waals surface area contributed by atoms with E-state index in [2.05, 4.69) is 4.98 Å². The number of hydrogen-bond acceptors (Lipinski definition) is 4. The van der Waals surface area contributed by atoms with Crippen molar-refractivity contribution in [3.8, 4) is 0 Å². The molecule has 1 heterocycles. The van der Waals surface area contributed by atoms with Crippen molar-refractivity contribution in [1.82, 2.24) is 14.5 Å². The van der Waals surface area contributed by atoms with E-state index in [1.807, 2.05) is 24.3 Å². The number of aryl methyl sites for hydroxylation is 1. The van der Waals surface area contributed by atoms with E-state index in [0.29, 0.717) is 12.4 Å². The third-order valence-electron chi connectivity index (χ3n) is 3.31. The summed E-state index contributed by atoms with van der Waals surface area (Å²) in [5, 5.41) is 0. The lowest BCUT2D eigenvalue weighted by molar-refractivity contribution is -0.128. The summed E-state index contributed by atoms with van der Waals surface area (Å²) in [6.07, 6.45) is 0.285. The minimum Gasteiger partial charge on any atom is -0.358 e. The van der Waals surface area contributed by atoms with Crippen molar-refractivity contribution < 1.29 is 4.79 Å². The standard InChI is InChI=1S/C15H20N4O2/c1-17(2)13(20)9-10-19-12-8-6-5-7-11(12)16-14(15(19)21)18(3)4/h5-8H,9-10H2,1-4H3. The van der Waals surface area contributed by atoms with Gasteiger partial charge in [-0.2, -0.15) is 0 Å². The molecule has 6 nitrogen and oxygen atoms in total. The summed E-state index contributed by atoms with van der Waals surface area (Å²) < 4.78 is 1.62. The Bertz CT molecular complexity index is 719. The van der Waals surface area contributed by atoms with Crippen LogP contribution in [-0.4, -0.2) is 48.5 Å². The molecule has 6 heteroatoms. The molecule has 0 aliphatic heterocycles. The van der Waals surface area contributed by atoms with Gasteiger partial charge in [0.25, 0.3) is 5.56 Å². The summed E-state index contributed by atoms with van der Waals surface area (Å²) in [5.41, 5.74) is 1.32. The molecule has 112 valence electrons. The van der Waals surface area contributed by atoms with E-state index in [9.17, 15) is 9.59 Å². The van der Waals surface area contributed by atoms with Gasteiger partial charge in [-0.05, 0) is 12.1 Å². The maximum Gasteiger partial charge on any atom is 0.293 e. The highest BCUT2D eigenvalue weighted by Crippen LogP contribution is 2.13. The molecule has 0 bridgehead atoms. The first-order valence-electron chi connectivity index (χ1n) is 6.79. The molecule has 0 atom stereocenters. The highest BCUT2D eigenvalue weighted by atomic mass is 16.2. The summed E-state index contributed by atoms with van der Waals surface area (Å²) in [6.45, 7) is 0.347. The van der Waals surface area contributed by atoms with Gasteiger partial charge in [0, 0.05) is 41.2 Å². The van der Waals surface area contributed by atoms with Crippen LogP contribution in [0, 0.1) is 0 Å². The van der Waals surface area contributed by atoms with Gasteiger partial charge in [-0.15, -0.1) is 0 Å². The predicted octanol–water partition coefficient (Wildman–Crippen LogP) is 0.941. The van der Waals surface area contributed by atoms with Crippen LogP contribution in [-0.2, 0) is 11.3 Å². The number of para-hydroxylation sites is 2. The lowest BCUT2D eigenvalue weighted by Gasteiger charge is -2.16. The predicted molar refractivity (Wildman–Crippen MR) is 83.6 cm³/mol. The van der Waals surface area contributed by atoms with E-state index in [0.717, 1.165) is 11.0 Å². The summed E-state index contributed by atoms with van der Waals surface area (Å²) >= 11 is 0. The van der Waals surface area contributed by atoms with E-state index >= 15 is 0 Å². The number of anilines is 1. The van der Waals surface area contributed by atoms with Gasteiger partial charge in [-0.25, -0.2) is 4.98 Å². The van der Waals surface area contributed by atoms with E-state index in [1.54, 1.807) is 37.7 Å². The molecule has 0 N–H and O–H groups in total. The fourth-order valence-electron chi connectivity index (χ4n) is 2.12. The number of rotatable bonds is 4. The number of fused-ring (bicyclic) bond motifs is 1. The van der Waals surface area contributed by atoms with Gasteiger partial charge in [0.1, 0.15) is 0 Å². The third kappa shape index (κ3) is 3.04. The molecule has 21 heavy (non-hydrogen) atoms. The summed E-state index contributed by atoms with van der Waals surface area (Å²) in [4.78, 5) is 31.9. The topological polar surface area (TPSA) is 58.4 Å². The second-order valence-corrected chi connectivity index (χ2v) is 5.31. The van der Waals surface area contributed by atoms with Gasteiger partial charge < -0.3 is 14.4 Å². The molecule has 2 rings (SSSR count). The average molecular weight is 288 g/mol. The zero-order chi connectivity index (χ0) is 15.6. The van der Waals surface area contributed by atoms with Crippen molar-refractivity contribution >= 4 is 22.8 Å². The Morgan fingerprint density at radius 2 is 1.86 bits per heavy atom. The molecule has 1 aromatic carbocycles. The van der Waals surface area contributed by atoms with Crippen molar-refractivity contribution in [1.29, 1.82) is 0 Å². The van der Waals surface area contributed by atoms with Gasteiger partial charge in [0.05, 0.1) is 11.0 Å². The van der Waals surface area contributed by atoms with Gasteiger partial charge in [0.2, 0.25) is 5.91 Å². The SMILES string of the molecule is CN(C)C(=O)CCn1c(=O)c(N(C)C)nc2ccccc21. The molecular weight excluding hydrogens is 268 g/mol. The first kappa shape index (κ1) is 15.0. The van der Waals surface area contributed by atoms with Crippen molar-refractivity contribution in [3.05, 3.63) is 34.6 Å². The zero-order valence-corrected chi connectivity index (χ0v) is 12.8. The maximum absolute atomic E-state index is 12.5. The molecular formula is C15H20N4O2. The number of hydrogen-bond donors (Lipinski definition) is 0. The van der Waals surface area contributed by atoms with Crippen LogP contribution in [0.3, 0.4) is 0 Å². The second kappa shape index (κ2) is 5.95. The molecule has 0 saturated carbocycles. The molecule has 0 unspecified atom stereocenters. The fourth-order valence-corrected chi connectivity index (χ4v) is 2.12. The Hall–Kier alpha value is -2.37. The van der Waals surface area contributed by atoms with Crippen LogP contribution in [0.2, 0.25) is 0 Å². The largest absolute Gasteiger partial charge is 0.358 e. The minimum atomic E-state index is -0.176. The number of benzene rings is 1. The van der Waals surface area contributed by atoms with Gasteiger partial charge in [0.15, 0.2) is 5.82 Å². The van der Waals surface area contributed by atoms with Crippen molar-refractivity contribution in [2.45, 2.75) is 13.0 Å². The Balaban J connectivity index is 2.52. The van der Waals surface area contributed by atoms with Gasteiger partial charge >= 0.3 is 0 Å². The average Bonchev–Trinajstić information content (AvgIpc) is 2.45. The van der Waals surface area contributed by atoms with E-state index < -0.39 is 0 Å². The van der Waals surface area contributed by atoms with Crippen LogP contribution >= 0.6 is 0 Å².